The zero-order valence-electron chi connectivity index (χ0n) is 7.75. The lowest BCUT2D eigenvalue weighted by Gasteiger charge is -2.40. The summed E-state index contributed by atoms with van der Waals surface area (Å²) < 4.78 is 4.84. The minimum Gasteiger partial charge on any atom is -0.472 e. The van der Waals surface area contributed by atoms with Crippen molar-refractivity contribution in [2.45, 2.75) is 24.8 Å². The van der Waals surface area contributed by atoms with E-state index in [2.05, 4.69) is 5.32 Å². The lowest BCUT2D eigenvalue weighted by Crippen LogP contribution is -2.54. The van der Waals surface area contributed by atoms with Gasteiger partial charge in [-0.3, -0.25) is 4.79 Å². The van der Waals surface area contributed by atoms with Gasteiger partial charge in [-0.1, -0.05) is 0 Å². The van der Waals surface area contributed by atoms with Crippen LogP contribution in [0.15, 0.2) is 23.0 Å². The molecule has 0 saturated heterocycles. The Balaban J connectivity index is 2.01. The van der Waals surface area contributed by atoms with E-state index in [9.17, 15) is 4.79 Å². The number of hydrogen-bond donors (Lipinski definition) is 1. The quantitative estimate of drug-likeness (QED) is 0.782. The van der Waals surface area contributed by atoms with Crippen LogP contribution < -0.4 is 5.32 Å². The molecule has 1 aromatic rings. The minimum absolute atomic E-state index is 0.0981. The van der Waals surface area contributed by atoms with Gasteiger partial charge in [0.2, 0.25) is 0 Å². The molecule has 0 aromatic carbocycles. The van der Waals surface area contributed by atoms with Gasteiger partial charge in [-0.15, -0.1) is 11.6 Å². The summed E-state index contributed by atoms with van der Waals surface area (Å²) in [4.78, 5) is 11.6. The largest absolute Gasteiger partial charge is 0.472 e. The number of carbonyl (C=O) groups excluding carboxylic acids is 1. The number of furan rings is 1. The molecule has 0 bridgehead atoms. The van der Waals surface area contributed by atoms with Crippen molar-refractivity contribution >= 4 is 17.5 Å². The molecule has 0 radical (unpaired) electrons. The van der Waals surface area contributed by atoms with Crippen molar-refractivity contribution in [2.75, 3.05) is 5.88 Å². The van der Waals surface area contributed by atoms with E-state index in [-0.39, 0.29) is 11.4 Å². The molecule has 0 aliphatic heterocycles. The second-order valence-corrected chi connectivity index (χ2v) is 4.00. The average molecular weight is 214 g/mol. The van der Waals surface area contributed by atoms with Crippen LogP contribution in [0.5, 0.6) is 0 Å². The number of rotatable bonds is 3. The second-order valence-electron chi connectivity index (χ2n) is 3.73. The predicted molar refractivity (Wildman–Crippen MR) is 53.5 cm³/mol. The van der Waals surface area contributed by atoms with Crippen LogP contribution in [-0.4, -0.2) is 17.3 Å². The molecule has 76 valence electrons. The number of nitrogens with one attached hydrogen (secondary N) is 1. The van der Waals surface area contributed by atoms with E-state index in [0.29, 0.717) is 11.4 Å². The first-order chi connectivity index (χ1) is 6.76. The summed E-state index contributed by atoms with van der Waals surface area (Å²) in [7, 11) is 0. The van der Waals surface area contributed by atoms with E-state index in [4.69, 9.17) is 16.0 Å². The van der Waals surface area contributed by atoms with Gasteiger partial charge >= 0.3 is 0 Å². The van der Waals surface area contributed by atoms with Crippen molar-refractivity contribution in [3.8, 4) is 0 Å². The van der Waals surface area contributed by atoms with E-state index in [1.807, 2.05) is 0 Å². The number of alkyl halides is 1. The molecule has 1 heterocycles. The summed E-state index contributed by atoms with van der Waals surface area (Å²) in [5.74, 6) is 0.385. The van der Waals surface area contributed by atoms with Crippen LogP contribution in [0.4, 0.5) is 0 Å². The summed E-state index contributed by atoms with van der Waals surface area (Å²) in [5.41, 5.74) is 0.386. The zero-order chi connectivity index (χ0) is 10.0. The number of carbonyl (C=O) groups is 1. The normalized spacial score (nSPS) is 18.6. The molecule has 1 aromatic heterocycles. The van der Waals surface area contributed by atoms with Crippen molar-refractivity contribution in [2.24, 2.45) is 0 Å². The number of halogens is 1. The lowest BCUT2D eigenvalue weighted by molar-refractivity contribution is 0.0853. The van der Waals surface area contributed by atoms with Crippen LogP contribution in [0.3, 0.4) is 0 Å². The number of hydrogen-bond acceptors (Lipinski definition) is 2. The third-order valence-electron chi connectivity index (χ3n) is 2.73. The van der Waals surface area contributed by atoms with E-state index >= 15 is 0 Å². The van der Waals surface area contributed by atoms with Gasteiger partial charge in [-0.25, -0.2) is 0 Å². The Labute approximate surface area is 87.4 Å². The molecule has 1 amide bonds. The van der Waals surface area contributed by atoms with Crippen LogP contribution >= 0.6 is 11.6 Å². The third-order valence-corrected chi connectivity index (χ3v) is 3.24. The van der Waals surface area contributed by atoms with E-state index in [0.717, 1.165) is 19.3 Å². The van der Waals surface area contributed by atoms with Crippen molar-refractivity contribution in [3.05, 3.63) is 24.2 Å². The summed E-state index contributed by atoms with van der Waals surface area (Å²) in [6.07, 6.45) is 6.01. The number of amides is 1. The van der Waals surface area contributed by atoms with Crippen molar-refractivity contribution in [1.29, 1.82) is 0 Å². The molecule has 1 N–H and O–H groups in total. The highest BCUT2D eigenvalue weighted by Crippen LogP contribution is 2.33. The Hall–Kier alpha value is -0.960. The molecule has 0 atom stereocenters. The van der Waals surface area contributed by atoms with Gasteiger partial charge in [0.05, 0.1) is 17.4 Å². The molecule has 1 fully saturated rings. The van der Waals surface area contributed by atoms with Crippen molar-refractivity contribution in [3.63, 3.8) is 0 Å². The monoisotopic (exact) mass is 213 g/mol. The van der Waals surface area contributed by atoms with Crippen LogP contribution in [0.2, 0.25) is 0 Å². The molecule has 3 nitrogen and oxygen atoms in total. The maximum atomic E-state index is 11.6. The fourth-order valence-electron chi connectivity index (χ4n) is 1.60. The molecule has 1 aliphatic carbocycles. The Morgan fingerprint density at radius 1 is 1.64 bits per heavy atom. The lowest BCUT2D eigenvalue weighted by atomic mass is 9.78. The molecule has 0 unspecified atom stereocenters. The van der Waals surface area contributed by atoms with Gasteiger partial charge < -0.3 is 9.73 Å². The first-order valence-corrected chi connectivity index (χ1v) is 5.20. The van der Waals surface area contributed by atoms with E-state index in [1.54, 1.807) is 6.07 Å². The van der Waals surface area contributed by atoms with Gasteiger partial charge in [-0.05, 0) is 25.3 Å². The van der Waals surface area contributed by atoms with Crippen molar-refractivity contribution in [1.82, 2.24) is 5.32 Å². The second kappa shape index (κ2) is 3.65. The molecular formula is C10H12ClNO2. The van der Waals surface area contributed by atoms with Gasteiger partial charge in [0.25, 0.3) is 5.91 Å². The minimum atomic E-state index is -0.171. The topological polar surface area (TPSA) is 42.2 Å². The molecule has 14 heavy (non-hydrogen) atoms. The Morgan fingerprint density at radius 3 is 2.86 bits per heavy atom. The average Bonchev–Trinajstić information content (AvgIpc) is 2.63. The highest BCUT2D eigenvalue weighted by atomic mass is 35.5. The maximum Gasteiger partial charge on any atom is 0.255 e. The third kappa shape index (κ3) is 1.64. The van der Waals surface area contributed by atoms with E-state index in [1.165, 1.54) is 12.5 Å². The first-order valence-electron chi connectivity index (χ1n) is 4.66. The van der Waals surface area contributed by atoms with Gasteiger partial charge in [0.15, 0.2) is 0 Å². The fourth-order valence-corrected chi connectivity index (χ4v) is 1.94. The van der Waals surface area contributed by atoms with Crippen LogP contribution in [0, 0.1) is 0 Å². The highest BCUT2D eigenvalue weighted by Gasteiger charge is 2.37. The summed E-state index contributed by atoms with van der Waals surface area (Å²) in [5, 5.41) is 2.95. The molecule has 4 heteroatoms. The SMILES string of the molecule is O=C(NC1(CCl)CCC1)c1ccoc1. The van der Waals surface area contributed by atoms with Gasteiger partial charge in [0, 0.05) is 5.88 Å². The smallest absolute Gasteiger partial charge is 0.255 e. The molecular weight excluding hydrogens is 202 g/mol. The maximum absolute atomic E-state index is 11.6. The Kier molecular flexibility index (Phi) is 2.50. The van der Waals surface area contributed by atoms with Crippen LogP contribution in [-0.2, 0) is 0 Å². The molecule has 1 aliphatic rings. The molecule has 1 saturated carbocycles. The van der Waals surface area contributed by atoms with Crippen LogP contribution in [0.1, 0.15) is 29.6 Å². The summed E-state index contributed by atoms with van der Waals surface area (Å²) in [6, 6.07) is 1.65. The standard InChI is InChI=1S/C10H12ClNO2/c11-7-10(3-1-4-10)12-9(13)8-2-5-14-6-8/h2,5-6H,1,3-4,7H2,(H,12,13). The Morgan fingerprint density at radius 2 is 2.43 bits per heavy atom. The molecule has 0 spiro atoms. The molecule has 2 rings (SSSR count). The van der Waals surface area contributed by atoms with Crippen LogP contribution in [0.25, 0.3) is 0 Å². The zero-order valence-corrected chi connectivity index (χ0v) is 8.51. The summed E-state index contributed by atoms with van der Waals surface area (Å²) >= 11 is 5.83. The van der Waals surface area contributed by atoms with Gasteiger partial charge in [-0.2, -0.15) is 0 Å². The van der Waals surface area contributed by atoms with E-state index < -0.39 is 0 Å². The Bertz CT molecular complexity index is 311. The first kappa shape index (κ1) is 9.59. The highest BCUT2D eigenvalue weighted by molar-refractivity contribution is 6.19. The van der Waals surface area contributed by atoms with Crippen molar-refractivity contribution < 1.29 is 9.21 Å². The summed E-state index contributed by atoms with van der Waals surface area (Å²) in [6.45, 7) is 0. The van der Waals surface area contributed by atoms with Gasteiger partial charge in [0.1, 0.15) is 6.26 Å². The predicted octanol–water partition coefficient (Wildman–Crippen LogP) is 2.17. The fraction of sp³-hybridized carbons (Fsp3) is 0.500.